The molecule has 10 heteroatoms. The summed E-state index contributed by atoms with van der Waals surface area (Å²) in [6.07, 6.45) is 4.25. The summed E-state index contributed by atoms with van der Waals surface area (Å²) in [5.41, 5.74) is 21.4. The number of nitrogens with one attached hydrogen (secondary N) is 4. The number of piperidine rings is 1. The van der Waals surface area contributed by atoms with Gasteiger partial charge in [0.2, 0.25) is 0 Å². The van der Waals surface area contributed by atoms with Crippen LogP contribution in [0.15, 0.2) is 46.5 Å². The van der Waals surface area contributed by atoms with Crippen LogP contribution in [-0.2, 0) is 6.54 Å². The van der Waals surface area contributed by atoms with E-state index in [1.807, 2.05) is 12.1 Å². The van der Waals surface area contributed by atoms with Gasteiger partial charge >= 0.3 is 0 Å². The van der Waals surface area contributed by atoms with E-state index in [0.29, 0.717) is 40.6 Å². The van der Waals surface area contributed by atoms with Gasteiger partial charge < -0.3 is 32.4 Å². The standard InChI is InChI=1S/C20H28Cl2N8/c21-14-1-2-15(22)13(9-14)11-30-8-7-26-18(24)17(30)10-16(23)20-27-19(28-29-20)12-3-5-25-6-4-12/h1-2,9-10,12,19,25,27-29H,3-8,11,23H2,(H2,24,26). The van der Waals surface area contributed by atoms with Crippen molar-refractivity contribution < 1.29 is 0 Å². The van der Waals surface area contributed by atoms with E-state index in [4.69, 9.17) is 34.7 Å². The first kappa shape index (κ1) is 21.1. The number of rotatable bonds is 4. The summed E-state index contributed by atoms with van der Waals surface area (Å²) in [5.74, 6) is 1.76. The molecule has 1 aromatic carbocycles. The second-order valence-electron chi connectivity index (χ2n) is 7.76. The number of aliphatic imine (C=N–C) groups is 1. The average molecular weight is 451 g/mol. The lowest BCUT2D eigenvalue weighted by Gasteiger charge is -2.30. The van der Waals surface area contributed by atoms with Crippen LogP contribution < -0.4 is 33.0 Å². The van der Waals surface area contributed by atoms with Crippen LogP contribution >= 0.6 is 23.2 Å². The van der Waals surface area contributed by atoms with Crippen LogP contribution in [0, 0.1) is 5.92 Å². The Morgan fingerprint density at radius 3 is 2.87 bits per heavy atom. The van der Waals surface area contributed by atoms with Gasteiger partial charge in [-0.2, -0.15) is 0 Å². The Morgan fingerprint density at radius 2 is 2.07 bits per heavy atom. The van der Waals surface area contributed by atoms with E-state index in [9.17, 15) is 0 Å². The molecule has 3 heterocycles. The largest absolute Gasteiger partial charge is 0.396 e. The number of hydrogen-bond donors (Lipinski definition) is 6. The van der Waals surface area contributed by atoms with Gasteiger partial charge in [-0.1, -0.05) is 23.2 Å². The number of benzene rings is 1. The minimum absolute atomic E-state index is 0.151. The summed E-state index contributed by atoms with van der Waals surface area (Å²) in [6.45, 7) is 3.98. The third kappa shape index (κ3) is 4.78. The summed E-state index contributed by atoms with van der Waals surface area (Å²) < 4.78 is 0. The molecule has 1 unspecified atom stereocenters. The molecule has 3 aliphatic rings. The van der Waals surface area contributed by atoms with Crippen molar-refractivity contribution in [1.29, 1.82) is 0 Å². The van der Waals surface area contributed by atoms with Crippen LogP contribution in [0.3, 0.4) is 0 Å². The predicted octanol–water partition coefficient (Wildman–Crippen LogP) is 1.20. The van der Waals surface area contributed by atoms with Crippen molar-refractivity contribution in [3.8, 4) is 0 Å². The lowest BCUT2D eigenvalue weighted by Crippen LogP contribution is -2.45. The molecule has 8 N–H and O–H groups in total. The summed E-state index contributed by atoms with van der Waals surface area (Å²) in [5, 5.41) is 8.17. The fourth-order valence-corrected chi connectivity index (χ4v) is 4.39. The highest BCUT2D eigenvalue weighted by Gasteiger charge is 2.29. The van der Waals surface area contributed by atoms with Gasteiger partial charge in [-0.05, 0) is 61.7 Å². The Balaban J connectivity index is 1.53. The number of allylic oxidation sites excluding steroid dienone is 1. The summed E-state index contributed by atoms with van der Waals surface area (Å²) in [4.78, 5) is 6.52. The Hall–Kier alpha value is -2.13. The van der Waals surface area contributed by atoms with Crippen molar-refractivity contribution in [1.82, 2.24) is 26.4 Å². The van der Waals surface area contributed by atoms with Gasteiger partial charge in [-0.3, -0.25) is 4.99 Å². The van der Waals surface area contributed by atoms with Crippen LogP contribution in [0.25, 0.3) is 0 Å². The molecule has 162 valence electrons. The van der Waals surface area contributed by atoms with E-state index in [-0.39, 0.29) is 6.17 Å². The molecule has 2 fully saturated rings. The lowest BCUT2D eigenvalue weighted by atomic mass is 9.95. The van der Waals surface area contributed by atoms with Crippen molar-refractivity contribution in [2.24, 2.45) is 22.4 Å². The highest BCUT2D eigenvalue weighted by Crippen LogP contribution is 2.25. The lowest BCUT2D eigenvalue weighted by molar-refractivity contribution is 0.278. The van der Waals surface area contributed by atoms with Crippen LogP contribution in [-0.4, -0.2) is 43.1 Å². The molecule has 1 atom stereocenters. The van der Waals surface area contributed by atoms with Crippen molar-refractivity contribution in [2.45, 2.75) is 25.6 Å². The van der Waals surface area contributed by atoms with Crippen molar-refractivity contribution in [3.05, 3.63) is 57.1 Å². The van der Waals surface area contributed by atoms with E-state index in [1.165, 1.54) is 0 Å². The second-order valence-corrected chi connectivity index (χ2v) is 8.61. The monoisotopic (exact) mass is 450 g/mol. The predicted molar refractivity (Wildman–Crippen MR) is 121 cm³/mol. The first-order valence-corrected chi connectivity index (χ1v) is 11.0. The topological polar surface area (TPSA) is 116 Å². The van der Waals surface area contributed by atoms with Gasteiger partial charge in [0.05, 0.1) is 24.1 Å². The van der Waals surface area contributed by atoms with E-state index >= 15 is 0 Å². The smallest absolute Gasteiger partial charge is 0.142 e. The van der Waals surface area contributed by atoms with E-state index in [0.717, 1.165) is 49.6 Å². The first-order chi connectivity index (χ1) is 14.5. The maximum atomic E-state index is 6.41. The molecular formula is C20H28Cl2N8. The fourth-order valence-electron chi connectivity index (χ4n) is 4.02. The molecule has 0 aliphatic carbocycles. The molecule has 30 heavy (non-hydrogen) atoms. The number of nitrogens with zero attached hydrogens (tertiary/aromatic N) is 2. The second kappa shape index (κ2) is 9.34. The molecule has 0 radical (unpaired) electrons. The van der Waals surface area contributed by atoms with Gasteiger partial charge in [-0.25, -0.2) is 5.43 Å². The molecule has 8 nitrogen and oxygen atoms in total. The quantitative estimate of drug-likeness (QED) is 0.408. The van der Waals surface area contributed by atoms with Crippen LogP contribution in [0.2, 0.25) is 10.0 Å². The molecule has 0 spiro atoms. The van der Waals surface area contributed by atoms with E-state index < -0.39 is 0 Å². The molecule has 0 aromatic heterocycles. The number of nitrogens with two attached hydrogens (primary N) is 2. The van der Waals surface area contributed by atoms with Gasteiger partial charge in [0.15, 0.2) is 0 Å². The van der Waals surface area contributed by atoms with Crippen LogP contribution in [0.4, 0.5) is 0 Å². The number of hydrogen-bond acceptors (Lipinski definition) is 8. The Kier molecular flexibility index (Phi) is 6.58. The Labute approximate surface area is 186 Å². The maximum Gasteiger partial charge on any atom is 0.142 e. The average Bonchev–Trinajstić information content (AvgIpc) is 3.24. The van der Waals surface area contributed by atoms with Crippen LogP contribution in [0.1, 0.15) is 18.4 Å². The zero-order chi connectivity index (χ0) is 21.1. The maximum absolute atomic E-state index is 6.41. The van der Waals surface area contributed by atoms with E-state index in [1.54, 1.807) is 12.1 Å². The Bertz CT molecular complexity index is 876. The first-order valence-electron chi connectivity index (χ1n) is 10.2. The van der Waals surface area contributed by atoms with E-state index in [2.05, 4.69) is 31.4 Å². The molecule has 1 aromatic rings. The third-order valence-electron chi connectivity index (χ3n) is 5.71. The van der Waals surface area contributed by atoms with Crippen LogP contribution in [0.5, 0.6) is 0 Å². The zero-order valence-corrected chi connectivity index (χ0v) is 18.2. The van der Waals surface area contributed by atoms with Gasteiger partial charge in [0.1, 0.15) is 11.7 Å². The molecule has 0 amide bonds. The third-order valence-corrected chi connectivity index (χ3v) is 6.32. The SMILES string of the molecule is NC1=NCCN(Cc2cc(Cl)ccc2Cl)C1=CC(N)=C1NNC(C2CCNCC2)N1. The van der Waals surface area contributed by atoms with Gasteiger partial charge in [0, 0.05) is 23.1 Å². The van der Waals surface area contributed by atoms with Gasteiger partial charge in [0.25, 0.3) is 0 Å². The molecule has 3 aliphatic heterocycles. The molecule has 0 bridgehead atoms. The number of hydrazine groups is 1. The molecular weight excluding hydrogens is 423 g/mol. The minimum Gasteiger partial charge on any atom is -0.396 e. The summed E-state index contributed by atoms with van der Waals surface area (Å²) in [6, 6.07) is 5.46. The van der Waals surface area contributed by atoms with Crippen molar-refractivity contribution >= 4 is 29.0 Å². The Morgan fingerprint density at radius 1 is 1.27 bits per heavy atom. The minimum atomic E-state index is 0.151. The zero-order valence-electron chi connectivity index (χ0n) is 16.7. The summed E-state index contributed by atoms with van der Waals surface area (Å²) >= 11 is 12.5. The molecule has 2 saturated heterocycles. The summed E-state index contributed by atoms with van der Waals surface area (Å²) in [7, 11) is 0. The van der Waals surface area contributed by atoms with Gasteiger partial charge in [-0.15, -0.1) is 0 Å². The highest BCUT2D eigenvalue weighted by atomic mass is 35.5. The fraction of sp³-hybridized carbons (Fsp3) is 0.450. The van der Waals surface area contributed by atoms with Crippen molar-refractivity contribution in [2.75, 3.05) is 26.2 Å². The normalized spacial score (nSPS) is 25.7. The number of halogens is 2. The number of amidine groups is 1. The molecule has 0 saturated carbocycles. The molecule has 4 rings (SSSR count). The van der Waals surface area contributed by atoms with Crippen molar-refractivity contribution in [3.63, 3.8) is 0 Å². The highest BCUT2D eigenvalue weighted by molar-refractivity contribution is 6.33.